The Morgan fingerprint density at radius 3 is 3.00 bits per heavy atom. The van der Waals surface area contributed by atoms with Gasteiger partial charge in [-0.05, 0) is 12.5 Å². The van der Waals surface area contributed by atoms with E-state index in [2.05, 4.69) is 0 Å². The summed E-state index contributed by atoms with van der Waals surface area (Å²) in [5.41, 5.74) is 6.90. The Balaban J connectivity index is 2.04. The average molecular weight is 265 g/mol. The number of nitrogens with two attached hydrogens (primary N) is 1. The smallest absolute Gasteiger partial charge is 0.303 e. The molecule has 5 heteroatoms. The number of ether oxygens (including phenoxy) is 2. The molecule has 0 amide bonds. The van der Waals surface area contributed by atoms with Gasteiger partial charge >= 0.3 is 5.97 Å². The average Bonchev–Trinajstić information content (AvgIpc) is 2.89. The van der Waals surface area contributed by atoms with Crippen LogP contribution in [0.25, 0.3) is 0 Å². The summed E-state index contributed by atoms with van der Waals surface area (Å²) in [4.78, 5) is 10.6. The molecule has 0 aliphatic carbocycles. The van der Waals surface area contributed by atoms with Crippen molar-refractivity contribution in [2.45, 2.75) is 31.4 Å². The lowest BCUT2D eigenvalue weighted by Crippen LogP contribution is -2.19. The number of aliphatic carboxylic acids is 1. The normalized spacial score (nSPS) is 20.2. The number of carboxylic acid groups (broad SMARTS) is 1. The molecular weight excluding hydrogens is 246 g/mol. The summed E-state index contributed by atoms with van der Waals surface area (Å²) in [6.07, 6.45) is 1.39. The highest BCUT2D eigenvalue weighted by Gasteiger charge is 2.20. The molecular formula is C14H19NO4. The van der Waals surface area contributed by atoms with Crippen LogP contribution in [0.15, 0.2) is 24.3 Å². The van der Waals surface area contributed by atoms with E-state index < -0.39 is 5.97 Å². The number of rotatable bonds is 6. The minimum absolute atomic E-state index is 0.0576. The zero-order valence-corrected chi connectivity index (χ0v) is 10.7. The maximum atomic E-state index is 10.6. The quantitative estimate of drug-likeness (QED) is 0.818. The Labute approximate surface area is 112 Å². The van der Waals surface area contributed by atoms with Crippen LogP contribution in [0.1, 0.15) is 30.9 Å². The van der Waals surface area contributed by atoms with Crippen molar-refractivity contribution in [2.24, 2.45) is 5.73 Å². The van der Waals surface area contributed by atoms with Crippen molar-refractivity contribution in [1.82, 2.24) is 0 Å². The van der Waals surface area contributed by atoms with E-state index >= 15 is 0 Å². The van der Waals surface area contributed by atoms with Crippen LogP contribution in [-0.4, -0.2) is 30.4 Å². The van der Waals surface area contributed by atoms with Gasteiger partial charge in [0.05, 0.1) is 13.2 Å². The SMILES string of the molecule is NC(CCC(=O)O)c1ccccc1OC1CCOC1. The van der Waals surface area contributed by atoms with Crippen LogP contribution in [0.5, 0.6) is 5.75 Å². The zero-order chi connectivity index (χ0) is 13.7. The highest BCUT2D eigenvalue weighted by atomic mass is 16.5. The van der Waals surface area contributed by atoms with Crippen LogP contribution in [0.4, 0.5) is 0 Å². The van der Waals surface area contributed by atoms with Gasteiger partial charge in [0.1, 0.15) is 11.9 Å². The molecule has 3 N–H and O–H groups in total. The number of hydrogen-bond donors (Lipinski definition) is 2. The molecule has 0 radical (unpaired) electrons. The second-order valence-corrected chi connectivity index (χ2v) is 4.68. The maximum absolute atomic E-state index is 10.6. The molecule has 1 fully saturated rings. The fourth-order valence-corrected chi connectivity index (χ4v) is 2.11. The van der Waals surface area contributed by atoms with Crippen LogP contribution >= 0.6 is 0 Å². The van der Waals surface area contributed by atoms with Crippen LogP contribution in [0.2, 0.25) is 0 Å². The molecule has 5 nitrogen and oxygen atoms in total. The monoisotopic (exact) mass is 265 g/mol. The maximum Gasteiger partial charge on any atom is 0.303 e. The fourth-order valence-electron chi connectivity index (χ4n) is 2.11. The summed E-state index contributed by atoms with van der Waals surface area (Å²) in [5, 5.41) is 8.71. The number of carboxylic acids is 1. The van der Waals surface area contributed by atoms with Crippen molar-refractivity contribution in [1.29, 1.82) is 0 Å². The largest absolute Gasteiger partial charge is 0.488 e. The van der Waals surface area contributed by atoms with E-state index in [9.17, 15) is 4.79 Å². The molecule has 1 aromatic carbocycles. The highest BCUT2D eigenvalue weighted by Crippen LogP contribution is 2.28. The Morgan fingerprint density at radius 2 is 2.32 bits per heavy atom. The van der Waals surface area contributed by atoms with Crippen molar-refractivity contribution in [2.75, 3.05) is 13.2 Å². The minimum atomic E-state index is -0.835. The summed E-state index contributed by atoms with van der Waals surface area (Å²) in [6.45, 7) is 1.32. The van der Waals surface area contributed by atoms with Crippen molar-refractivity contribution in [3.63, 3.8) is 0 Å². The Morgan fingerprint density at radius 1 is 1.53 bits per heavy atom. The van der Waals surface area contributed by atoms with Gasteiger partial charge in [-0.25, -0.2) is 0 Å². The second kappa shape index (κ2) is 6.54. The summed E-state index contributed by atoms with van der Waals surface area (Å²) < 4.78 is 11.2. The van der Waals surface area contributed by atoms with E-state index in [1.165, 1.54) is 0 Å². The van der Waals surface area contributed by atoms with Gasteiger partial charge in [0, 0.05) is 24.4 Å². The topological polar surface area (TPSA) is 81.8 Å². The molecule has 0 spiro atoms. The molecule has 19 heavy (non-hydrogen) atoms. The number of carbonyl (C=O) groups is 1. The first kappa shape index (κ1) is 13.8. The molecule has 104 valence electrons. The van der Waals surface area contributed by atoms with E-state index in [1.807, 2.05) is 24.3 Å². The molecule has 1 heterocycles. The molecule has 0 aromatic heterocycles. The lowest BCUT2D eigenvalue weighted by molar-refractivity contribution is -0.137. The van der Waals surface area contributed by atoms with Gasteiger partial charge in [-0.3, -0.25) is 4.79 Å². The van der Waals surface area contributed by atoms with Crippen molar-refractivity contribution in [3.8, 4) is 5.75 Å². The summed E-state index contributed by atoms with van der Waals surface area (Å²) in [5.74, 6) is -0.103. The van der Waals surface area contributed by atoms with Gasteiger partial charge in [0.25, 0.3) is 0 Å². The third kappa shape index (κ3) is 3.94. The van der Waals surface area contributed by atoms with Crippen molar-refractivity contribution >= 4 is 5.97 Å². The molecule has 1 aliphatic rings. The fraction of sp³-hybridized carbons (Fsp3) is 0.500. The lowest BCUT2D eigenvalue weighted by atomic mass is 10.0. The molecule has 1 saturated heterocycles. The van der Waals surface area contributed by atoms with Crippen LogP contribution in [0, 0.1) is 0 Å². The molecule has 0 bridgehead atoms. The Hall–Kier alpha value is -1.59. The van der Waals surface area contributed by atoms with Crippen molar-refractivity contribution in [3.05, 3.63) is 29.8 Å². The van der Waals surface area contributed by atoms with Crippen LogP contribution in [0.3, 0.4) is 0 Å². The predicted molar refractivity (Wildman–Crippen MR) is 70.1 cm³/mol. The first-order valence-electron chi connectivity index (χ1n) is 6.47. The first-order chi connectivity index (χ1) is 9.16. The number of benzene rings is 1. The van der Waals surface area contributed by atoms with Gasteiger partial charge in [-0.1, -0.05) is 18.2 Å². The lowest BCUT2D eigenvalue weighted by Gasteiger charge is -2.19. The molecule has 2 rings (SSSR count). The summed E-state index contributed by atoms with van der Waals surface area (Å²) in [6, 6.07) is 7.20. The molecule has 1 aromatic rings. The Bertz CT molecular complexity index is 429. The van der Waals surface area contributed by atoms with E-state index in [0.29, 0.717) is 13.0 Å². The molecule has 2 unspecified atom stereocenters. The number of para-hydroxylation sites is 1. The summed E-state index contributed by atoms with van der Waals surface area (Å²) >= 11 is 0. The molecule has 0 saturated carbocycles. The summed E-state index contributed by atoms with van der Waals surface area (Å²) in [7, 11) is 0. The van der Waals surface area contributed by atoms with E-state index in [-0.39, 0.29) is 18.6 Å². The highest BCUT2D eigenvalue weighted by molar-refractivity contribution is 5.66. The van der Waals surface area contributed by atoms with Gasteiger partial charge in [0.15, 0.2) is 0 Å². The van der Waals surface area contributed by atoms with Crippen LogP contribution in [-0.2, 0) is 9.53 Å². The van der Waals surface area contributed by atoms with Crippen LogP contribution < -0.4 is 10.5 Å². The Kier molecular flexibility index (Phi) is 4.76. The van der Waals surface area contributed by atoms with E-state index in [0.717, 1.165) is 24.3 Å². The first-order valence-corrected chi connectivity index (χ1v) is 6.47. The zero-order valence-electron chi connectivity index (χ0n) is 10.7. The third-order valence-corrected chi connectivity index (χ3v) is 3.17. The predicted octanol–water partition coefficient (Wildman–Crippen LogP) is 1.72. The van der Waals surface area contributed by atoms with Crippen molar-refractivity contribution < 1.29 is 19.4 Å². The molecule has 1 aliphatic heterocycles. The van der Waals surface area contributed by atoms with E-state index in [4.69, 9.17) is 20.3 Å². The second-order valence-electron chi connectivity index (χ2n) is 4.68. The van der Waals surface area contributed by atoms with Gasteiger partial charge in [-0.15, -0.1) is 0 Å². The van der Waals surface area contributed by atoms with Gasteiger partial charge < -0.3 is 20.3 Å². The van der Waals surface area contributed by atoms with Gasteiger partial charge in [-0.2, -0.15) is 0 Å². The standard InChI is InChI=1S/C14H19NO4/c15-12(5-6-14(16)17)11-3-1-2-4-13(11)19-10-7-8-18-9-10/h1-4,10,12H,5-9,15H2,(H,16,17). The van der Waals surface area contributed by atoms with E-state index in [1.54, 1.807) is 0 Å². The minimum Gasteiger partial charge on any atom is -0.488 e. The number of hydrogen-bond acceptors (Lipinski definition) is 4. The third-order valence-electron chi connectivity index (χ3n) is 3.17. The van der Waals surface area contributed by atoms with Gasteiger partial charge in [0.2, 0.25) is 0 Å². The molecule has 2 atom stereocenters.